The van der Waals surface area contributed by atoms with Crippen LogP contribution in [0.25, 0.3) is 10.9 Å². The van der Waals surface area contributed by atoms with Crippen molar-refractivity contribution in [2.24, 2.45) is 0 Å². The number of ether oxygens (including phenoxy) is 2. The molecule has 2 aromatic carbocycles. The van der Waals surface area contributed by atoms with Crippen molar-refractivity contribution in [3.63, 3.8) is 0 Å². The van der Waals surface area contributed by atoms with Crippen LogP contribution in [0.3, 0.4) is 0 Å². The number of rotatable bonds is 10. The van der Waals surface area contributed by atoms with E-state index >= 15 is 0 Å². The third-order valence-corrected chi connectivity index (χ3v) is 8.23. The number of para-hydroxylation sites is 2. The summed E-state index contributed by atoms with van der Waals surface area (Å²) in [6, 6.07) is 15.3. The van der Waals surface area contributed by atoms with Crippen molar-refractivity contribution in [2.75, 3.05) is 33.4 Å². The summed E-state index contributed by atoms with van der Waals surface area (Å²) in [7, 11) is -2.28. The normalized spacial score (nSPS) is 15.8. The van der Waals surface area contributed by atoms with Gasteiger partial charge in [-0.05, 0) is 31.0 Å². The minimum Gasteiger partial charge on any atom is -0.434 e. The zero-order valence-electron chi connectivity index (χ0n) is 19.5. The number of hydrogen-bond acceptors (Lipinski definition) is 6. The molecule has 0 aliphatic carbocycles. The fraction of sp³-hybridized carbons (Fsp3) is 0.400. The van der Waals surface area contributed by atoms with E-state index in [1.54, 1.807) is 49.7 Å². The number of likely N-dealkylation sites (tertiary alicyclic amines) is 1. The highest BCUT2D eigenvalue weighted by atomic mass is 32.2. The molecule has 0 saturated carbocycles. The van der Waals surface area contributed by atoms with Crippen LogP contribution in [0.5, 0.6) is 5.75 Å². The van der Waals surface area contributed by atoms with E-state index in [4.69, 9.17) is 4.74 Å². The summed E-state index contributed by atoms with van der Waals surface area (Å²) in [5.74, 6) is 0.164. The Bertz CT molecular complexity index is 1230. The maximum atomic E-state index is 13.8. The van der Waals surface area contributed by atoms with Crippen LogP contribution in [0.4, 0.5) is 8.78 Å². The van der Waals surface area contributed by atoms with Gasteiger partial charge in [-0.2, -0.15) is 13.1 Å². The number of hydrogen-bond donors (Lipinski definition) is 0. The molecule has 2 heterocycles. The van der Waals surface area contributed by atoms with E-state index in [9.17, 15) is 17.2 Å². The molecule has 7 nitrogen and oxygen atoms in total. The first-order valence-electron chi connectivity index (χ1n) is 11.5. The van der Waals surface area contributed by atoms with Crippen molar-refractivity contribution in [3.05, 3.63) is 66.4 Å². The van der Waals surface area contributed by atoms with E-state index in [0.29, 0.717) is 43.6 Å². The van der Waals surface area contributed by atoms with Crippen molar-refractivity contribution in [3.8, 4) is 5.75 Å². The molecular weight excluding hydrogens is 476 g/mol. The topological polar surface area (TPSA) is 72.0 Å². The van der Waals surface area contributed by atoms with Gasteiger partial charge in [0, 0.05) is 56.5 Å². The van der Waals surface area contributed by atoms with Gasteiger partial charge >= 0.3 is 6.61 Å². The second-order valence-electron chi connectivity index (χ2n) is 8.43. The molecule has 0 radical (unpaired) electrons. The molecule has 1 fully saturated rings. The van der Waals surface area contributed by atoms with Crippen LogP contribution in [0.2, 0.25) is 0 Å². The Morgan fingerprint density at radius 1 is 1.09 bits per heavy atom. The first kappa shape index (κ1) is 25.4. The molecule has 1 saturated heterocycles. The molecule has 3 aromatic rings. The van der Waals surface area contributed by atoms with Gasteiger partial charge in [-0.3, -0.25) is 9.88 Å². The summed E-state index contributed by atoms with van der Waals surface area (Å²) >= 11 is 0. The number of piperidine rings is 1. The highest BCUT2D eigenvalue weighted by Crippen LogP contribution is 2.29. The van der Waals surface area contributed by atoms with E-state index in [0.717, 1.165) is 5.39 Å². The summed E-state index contributed by atoms with van der Waals surface area (Å²) in [6.45, 7) is -0.674. The number of nitrogens with zero attached hydrogens (tertiary/aromatic N) is 3. The number of pyridine rings is 1. The number of alkyl halides is 2. The van der Waals surface area contributed by atoms with Gasteiger partial charge in [0.2, 0.25) is 10.0 Å². The summed E-state index contributed by atoms with van der Waals surface area (Å²) < 4.78 is 64.5. The van der Waals surface area contributed by atoms with Crippen molar-refractivity contribution in [2.45, 2.75) is 36.9 Å². The zero-order valence-corrected chi connectivity index (χ0v) is 20.3. The Hall–Kier alpha value is -2.66. The average molecular weight is 506 g/mol. The molecule has 0 bridgehead atoms. The number of aromatic nitrogens is 1. The Kier molecular flexibility index (Phi) is 8.27. The molecule has 0 amide bonds. The predicted molar refractivity (Wildman–Crippen MR) is 129 cm³/mol. The number of fused-ring (bicyclic) bond motifs is 1. The first-order valence-corrected chi connectivity index (χ1v) is 12.9. The lowest BCUT2D eigenvalue weighted by atomic mass is 10.0. The SMILES string of the molecule is COCCN(C1CCN(Cc2ccccc2OC(F)F)CC1)S(=O)(=O)c1cccc2cccnc12. The van der Waals surface area contributed by atoms with Crippen LogP contribution >= 0.6 is 0 Å². The largest absolute Gasteiger partial charge is 0.434 e. The highest BCUT2D eigenvalue weighted by Gasteiger charge is 2.35. The number of benzene rings is 2. The average Bonchev–Trinajstić information content (AvgIpc) is 2.85. The third kappa shape index (κ3) is 5.95. The fourth-order valence-corrected chi connectivity index (χ4v) is 6.38. The quantitative estimate of drug-likeness (QED) is 0.413. The van der Waals surface area contributed by atoms with Crippen LogP contribution in [-0.4, -0.2) is 68.6 Å². The molecule has 35 heavy (non-hydrogen) atoms. The molecule has 1 aromatic heterocycles. The standard InChI is InChI=1S/C25H29F2N3O4S/c1-33-17-16-30(35(31,32)23-10-4-7-19-8-5-13-28-24(19)23)21-11-14-29(15-12-21)18-20-6-2-3-9-22(20)34-25(26)27/h2-10,13,21,25H,11-12,14-18H2,1H3. The van der Waals surface area contributed by atoms with Gasteiger partial charge in [-0.1, -0.05) is 36.4 Å². The number of methoxy groups -OCH3 is 1. The first-order chi connectivity index (χ1) is 16.9. The lowest BCUT2D eigenvalue weighted by Gasteiger charge is -2.38. The molecule has 1 aliphatic heterocycles. The summed E-state index contributed by atoms with van der Waals surface area (Å²) in [5, 5.41) is 0.764. The van der Waals surface area contributed by atoms with Gasteiger partial charge in [0.15, 0.2) is 0 Å². The Morgan fingerprint density at radius 2 is 1.83 bits per heavy atom. The predicted octanol–water partition coefficient (Wildman–Crippen LogP) is 4.14. The highest BCUT2D eigenvalue weighted by molar-refractivity contribution is 7.89. The van der Waals surface area contributed by atoms with E-state index in [1.807, 2.05) is 12.1 Å². The molecule has 0 atom stereocenters. The van der Waals surface area contributed by atoms with Gasteiger partial charge < -0.3 is 9.47 Å². The molecule has 4 rings (SSSR count). The van der Waals surface area contributed by atoms with Gasteiger partial charge in [0.25, 0.3) is 0 Å². The summed E-state index contributed by atoms with van der Waals surface area (Å²) in [5.41, 5.74) is 1.13. The third-order valence-electron chi connectivity index (χ3n) is 6.25. The van der Waals surface area contributed by atoms with Crippen molar-refractivity contribution >= 4 is 20.9 Å². The lowest BCUT2D eigenvalue weighted by Crippen LogP contribution is -2.48. The monoisotopic (exact) mass is 505 g/mol. The van der Waals surface area contributed by atoms with Crippen molar-refractivity contribution in [1.29, 1.82) is 0 Å². The van der Waals surface area contributed by atoms with Crippen LogP contribution in [0.1, 0.15) is 18.4 Å². The van der Waals surface area contributed by atoms with E-state index in [2.05, 4.69) is 14.6 Å². The van der Waals surface area contributed by atoms with Crippen molar-refractivity contribution < 1.29 is 26.7 Å². The van der Waals surface area contributed by atoms with E-state index in [-0.39, 0.29) is 29.8 Å². The van der Waals surface area contributed by atoms with Crippen molar-refractivity contribution in [1.82, 2.24) is 14.2 Å². The Morgan fingerprint density at radius 3 is 2.57 bits per heavy atom. The molecule has 0 spiro atoms. The molecular formula is C25H29F2N3O4S. The minimum atomic E-state index is -3.83. The summed E-state index contributed by atoms with van der Waals surface area (Å²) in [6.07, 6.45) is 2.81. The number of halogens is 2. The van der Waals surface area contributed by atoms with Crippen LogP contribution in [0, 0.1) is 0 Å². The van der Waals surface area contributed by atoms with Crippen LogP contribution in [-0.2, 0) is 21.3 Å². The van der Waals surface area contributed by atoms with Gasteiger partial charge in [-0.15, -0.1) is 0 Å². The van der Waals surface area contributed by atoms with E-state index in [1.165, 1.54) is 10.4 Å². The maximum Gasteiger partial charge on any atom is 0.387 e. The fourth-order valence-electron chi connectivity index (χ4n) is 4.54. The Balaban J connectivity index is 1.51. The van der Waals surface area contributed by atoms with Gasteiger partial charge in [0.05, 0.1) is 12.1 Å². The van der Waals surface area contributed by atoms with Crippen LogP contribution in [0.15, 0.2) is 65.7 Å². The molecule has 188 valence electrons. The van der Waals surface area contributed by atoms with Gasteiger partial charge in [0.1, 0.15) is 10.6 Å². The minimum absolute atomic E-state index is 0.164. The van der Waals surface area contributed by atoms with E-state index < -0.39 is 16.6 Å². The maximum absolute atomic E-state index is 13.8. The molecule has 0 unspecified atom stereocenters. The van der Waals surface area contributed by atoms with Crippen LogP contribution < -0.4 is 4.74 Å². The Labute approximate surface area is 204 Å². The smallest absolute Gasteiger partial charge is 0.387 e. The second-order valence-corrected chi connectivity index (χ2v) is 10.3. The van der Waals surface area contributed by atoms with Gasteiger partial charge in [-0.25, -0.2) is 8.42 Å². The molecule has 10 heteroatoms. The lowest BCUT2D eigenvalue weighted by molar-refractivity contribution is -0.0508. The zero-order chi connectivity index (χ0) is 24.8. The summed E-state index contributed by atoms with van der Waals surface area (Å²) in [4.78, 5) is 6.65. The molecule has 0 N–H and O–H groups in total. The second kappa shape index (κ2) is 11.4. The molecule has 1 aliphatic rings. The number of sulfonamides is 1.